The van der Waals surface area contributed by atoms with Crippen molar-refractivity contribution in [1.29, 1.82) is 0 Å². The summed E-state index contributed by atoms with van der Waals surface area (Å²) < 4.78 is 10.8. The van der Waals surface area contributed by atoms with E-state index in [1.165, 1.54) is 6.42 Å². The average Bonchev–Trinajstić information content (AvgIpc) is 2.52. The van der Waals surface area contributed by atoms with Gasteiger partial charge >= 0.3 is 5.97 Å². The highest BCUT2D eigenvalue weighted by Crippen LogP contribution is 2.51. The number of rotatable bonds is 3. The van der Waals surface area contributed by atoms with Crippen LogP contribution in [0, 0.1) is 11.3 Å². The van der Waals surface area contributed by atoms with Gasteiger partial charge in [-0.05, 0) is 57.9 Å². The highest BCUT2D eigenvalue weighted by molar-refractivity contribution is 5.79. The Kier molecular flexibility index (Phi) is 4.26. The van der Waals surface area contributed by atoms with Crippen molar-refractivity contribution in [3.8, 4) is 0 Å². The van der Waals surface area contributed by atoms with Crippen molar-refractivity contribution in [1.82, 2.24) is 5.32 Å². The third-order valence-corrected chi connectivity index (χ3v) is 5.86. The van der Waals surface area contributed by atoms with E-state index >= 15 is 0 Å². The molecule has 120 valence electrons. The van der Waals surface area contributed by atoms with Gasteiger partial charge in [0.1, 0.15) is 5.41 Å². The minimum atomic E-state index is -1.00. The minimum Gasteiger partial charge on any atom is -0.465 e. The van der Waals surface area contributed by atoms with Crippen molar-refractivity contribution in [2.24, 2.45) is 11.3 Å². The summed E-state index contributed by atoms with van der Waals surface area (Å²) in [6.45, 7) is 4.17. The molecule has 2 aliphatic heterocycles. The van der Waals surface area contributed by atoms with E-state index in [-0.39, 0.29) is 12.0 Å². The molecule has 0 aromatic heterocycles. The molecule has 2 N–H and O–H groups in total. The van der Waals surface area contributed by atoms with Crippen LogP contribution in [-0.2, 0) is 14.3 Å². The first kappa shape index (κ1) is 15.3. The molecular formula is C16H27NO4. The summed E-state index contributed by atoms with van der Waals surface area (Å²) in [4.78, 5) is 12.7. The number of hydrogen-bond donors (Lipinski definition) is 2. The molecule has 2 heterocycles. The van der Waals surface area contributed by atoms with Crippen molar-refractivity contribution in [3.63, 3.8) is 0 Å². The number of piperidine rings is 1. The van der Waals surface area contributed by atoms with E-state index in [0.717, 1.165) is 19.4 Å². The number of aliphatic hydroxyl groups is 1. The summed E-state index contributed by atoms with van der Waals surface area (Å²) in [7, 11) is 0. The fourth-order valence-corrected chi connectivity index (χ4v) is 4.60. The van der Waals surface area contributed by atoms with Crippen LogP contribution in [0.25, 0.3) is 0 Å². The van der Waals surface area contributed by atoms with Gasteiger partial charge in [0, 0.05) is 19.3 Å². The number of fused-ring (bicyclic) bond motifs is 2. The summed E-state index contributed by atoms with van der Waals surface area (Å²) in [6, 6.07) is 0.00695. The van der Waals surface area contributed by atoms with Crippen LogP contribution in [0.4, 0.5) is 0 Å². The Morgan fingerprint density at radius 1 is 1.33 bits per heavy atom. The normalized spacial score (nSPS) is 38.8. The molecule has 3 atom stereocenters. The summed E-state index contributed by atoms with van der Waals surface area (Å²) >= 11 is 0. The Morgan fingerprint density at radius 3 is 2.81 bits per heavy atom. The summed E-state index contributed by atoms with van der Waals surface area (Å²) in [5.41, 5.74) is -1.80. The molecular weight excluding hydrogens is 270 g/mol. The van der Waals surface area contributed by atoms with Gasteiger partial charge in [-0.2, -0.15) is 0 Å². The molecule has 0 aromatic carbocycles. The smallest absolute Gasteiger partial charge is 0.315 e. The van der Waals surface area contributed by atoms with Gasteiger partial charge in [-0.15, -0.1) is 0 Å². The maximum atomic E-state index is 12.7. The number of ether oxygens (including phenoxy) is 2. The molecule has 0 amide bonds. The first-order valence-electron chi connectivity index (χ1n) is 8.33. The van der Waals surface area contributed by atoms with Crippen molar-refractivity contribution in [3.05, 3.63) is 0 Å². The predicted molar refractivity (Wildman–Crippen MR) is 77.8 cm³/mol. The molecule has 5 nitrogen and oxygen atoms in total. The van der Waals surface area contributed by atoms with Gasteiger partial charge in [0.15, 0.2) is 0 Å². The lowest BCUT2D eigenvalue weighted by Crippen LogP contribution is -2.68. The molecule has 5 heteroatoms. The van der Waals surface area contributed by atoms with E-state index in [9.17, 15) is 9.90 Å². The zero-order valence-corrected chi connectivity index (χ0v) is 12.9. The van der Waals surface area contributed by atoms with Crippen LogP contribution in [-0.4, -0.2) is 49.1 Å². The van der Waals surface area contributed by atoms with E-state index in [2.05, 4.69) is 5.32 Å². The van der Waals surface area contributed by atoms with Crippen LogP contribution in [0.5, 0.6) is 0 Å². The zero-order valence-electron chi connectivity index (χ0n) is 12.9. The zero-order chi connectivity index (χ0) is 14.9. The predicted octanol–water partition coefficient (Wildman–Crippen LogP) is 1.24. The van der Waals surface area contributed by atoms with Crippen molar-refractivity contribution in [2.45, 2.75) is 57.1 Å². The fraction of sp³-hybridized carbons (Fsp3) is 0.938. The van der Waals surface area contributed by atoms with Gasteiger partial charge in [-0.3, -0.25) is 4.79 Å². The lowest BCUT2D eigenvalue weighted by molar-refractivity contribution is -0.206. The van der Waals surface area contributed by atoms with Gasteiger partial charge in [0.25, 0.3) is 0 Å². The van der Waals surface area contributed by atoms with Gasteiger partial charge < -0.3 is 19.9 Å². The van der Waals surface area contributed by atoms with E-state index in [1.54, 1.807) is 0 Å². The molecule has 1 saturated carbocycles. The van der Waals surface area contributed by atoms with Crippen molar-refractivity contribution < 1.29 is 19.4 Å². The van der Waals surface area contributed by atoms with Crippen LogP contribution < -0.4 is 5.32 Å². The number of esters is 1. The second-order valence-corrected chi connectivity index (χ2v) is 6.77. The van der Waals surface area contributed by atoms with Gasteiger partial charge in [-0.1, -0.05) is 0 Å². The van der Waals surface area contributed by atoms with Gasteiger partial charge in [0.05, 0.1) is 12.2 Å². The number of carbonyl (C=O) groups excluding carboxylic acids is 1. The van der Waals surface area contributed by atoms with Crippen molar-refractivity contribution in [2.75, 3.05) is 26.4 Å². The largest absolute Gasteiger partial charge is 0.465 e. The fourth-order valence-electron chi connectivity index (χ4n) is 4.60. The Morgan fingerprint density at radius 2 is 2.10 bits per heavy atom. The lowest BCUT2D eigenvalue weighted by Gasteiger charge is -2.55. The standard InChI is InChI=1S/C16H27NO4/c1-2-21-14(18)15(6-9-20-10-7-15)16(19)5-3-12-4-8-17-13(16)11-12/h12-13,17,19H,2-11H2,1H3. The van der Waals surface area contributed by atoms with Crippen LogP contribution in [0.2, 0.25) is 0 Å². The quantitative estimate of drug-likeness (QED) is 0.767. The Hall–Kier alpha value is -0.650. The molecule has 3 unspecified atom stereocenters. The molecule has 3 aliphatic rings. The van der Waals surface area contributed by atoms with E-state index < -0.39 is 11.0 Å². The molecule has 0 spiro atoms. The highest BCUT2D eigenvalue weighted by Gasteiger charge is 2.62. The van der Waals surface area contributed by atoms with Gasteiger partial charge in [0.2, 0.25) is 0 Å². The third-order valence-electron chi connectivity index (χ3n) is 5.86. The first-order valence-corrected chi connectivity index (χ1v) is 8.33. The molecule has 3 rings (SSSR count). The first-order chi connectivity index (χ1) is 10.1. The number of nitrogens with one attached hydrogen (secondary N) is 1. The van der Waals surface area contributed by atoms with Crippen LogP contribution in [0.15, 0.2) is 0 Å². The second kappa shape index (κ2) is 5.86. The topological polar surface area (TPSA) is 67.8 Å². The SMILES string of the molecule is CCOC(=O)C1(C2(O)CCC3CCNC2C3)CCOCC1. The molecule has 2 bridgehead atoms. The average molecular weight is 297 g/mol. The van der Waals surface area contributed by atoms with Crippen molar-refractivity contribution >= 4 is 5.97 Å². The molecule has 3 fully saturated rings. The third kappa shape index (κ3) is 2.39. The molecule has 0 radical (unpaired) electrons. The second-order valence-electron chi connectivity index (χ2n) is 6.77. The minimum absolute atomic E-state index is 0.00695. The Bertz CT molecular complexity index is 394. The van der Waals surface area contributed by atoms with E-state index in [4.69, 9.17) is 9.47 Å². The molecule has 2 saturated heterocycles. The molecule has 0 aromatic rings. The summed E-state index contributed by atoms with van der Waals surface area (Å²) in [6.07, 6.45) is 4.97. The molecule has 21 heavy (non-hydrogen) atoms. The van der Waals surface area contributed by atoms with Gasteiger partial charge in [-0.25, -0.2) is 0 Å². The maximum absolute atomic E-state index is 12.7. The van der Waals surface area contributed by atoms with Crippen LogP contribution >= 0.6 is 0 Å². The maximum Gasteiger partial charge on any atom is 0.315 e. The molecule has 1 aliphatic carbocycles. The van der Waals surface area contributed by atoms with E-state index in [1.807, 2.05) is 6.92 Å². The Balaban J connectivity index is 1.92. The monoisotopic (exact) mass is 297 g/mol. The summed E-state index contributed by atoms with van der Waals surface area (Å²) in [5.74, 6) is 0.456. The number of hydrogen-bond acceptors (Lipinski definition) is 5. The van der Waals surface area contributed by atoms with E-state index in [0.29, 0.717) is 45.0 Å². The van der Waals surface area contributed by atoms with Crippen LogP contribution in [0.3, 0.4) is 0 Å². The van der Waals surface area contributed by atoms with Crippen LogP contribution in [0.1, 0.15) is 45.4 Å². The Labute approximate surface area is 126 Å². The lowest BCUT2D eigenvalue weighted by atomic mass is 9.56. The summed E-state index contributed by atoms with van der Waals surface area (Å²) in [5, 5.41) is 15.0. The highest BCUT2D eigenvalue weighted by atomic mass is 16.5. The number of carbonyl (C=O) groups is 1.